The number of alkyl carbamates (subject to hydrolysis) is 2. The van der Waals surface area contributed by atoms with Crippen molar-refractivity contribution in [3.05, 3.63) is 61.0 Å². The minimum atomic E-state index is -0.669. The number of fused-ring (bicyclic) bond motifs is 2. The lowest BCUT2D eigenvalue weighted by molar-refractivity contribution is -0.131. The Bertz CT molecular complexity index is 2110. The average molecular weight is 739 g/mol. The number of H-pyrrole nitrogens is 4. The molecular formula is C36H42N12O6. The van der Waals surface area contributed by atoms with Crippen molar-refractivity contribution in [3.8, 4) is 33.6 Å². The molecule has 6 aromatic rings. The minimum absolute atomic E-state index is 0.179. The first kappa shape index (κ1) is 37.1. The number of carbonyl (C=O) groups excluding carboxylic acids is 4. The van der Waals surface area contributed by atoms with Crippen LogP contribution in [0.4, 0.5) is 9.59 Å². The van der Waals surface area contributed by atoms with Crippen molar-refractivity contribution in [2.45, 2.75) is 39.8 Å². The van der Waals surface area contributed by atoms with Crippen molar-refractivity contribution >= 4 is 46.1 Å². The van der Waals surface area contributed by atoms with E-state index in [0.717, 1.165) is 68.6 Å². The molecule has 2 aromatic carbocycles. The zero-order chi connectivity index (χ0) is 38.2. The molecule has 0 spiro atoms. The standard InChI is InChI=1S/C36H42N12O6/c1-5-11-47(29(49)15-39-35(51)53-3)17-27-37-13-25(45-27)23-9-7-21(31-33(23)43-19-41-31)22-8-10-24(34-32(22)42-20-44-34)26-14-38-28(46-26)18-48(12-6-2)30(50)16-40-36(52)54-4/h7-10,13-14,19-20H,5-6,11-12,15-18H2,1-4H3,(H,37,45)(H,38,46)(H,39,51)(H,40,52)(H,41,43)(H,42,44). The van der Waals surface area contributed by atoms with Crippen LogP contribution in [0.3, 0.4) is 0 Å². The van der Waals surface area contributed by atoms with Crippen LogP contribution in [0.5, 0.6) is 0 Å². The summed E-state index contributed by atoms with van der Waals surface area (Å²) >= 11 is 0. The molecule has 6 N–H and O–H groups in total. The van der Waals surface area contributed by atoms with E-state index in [1.807, 2.05) is 38.1 Å². The number of hydrogen-bond donors (Lipinski definition) is 6. The number of methoxy groups -OCH3 is 2. The lowest BCUT2D eigenvalue weighted by Crippen LogP contribution is -2.40. The van der Waals surface area contributed by atoms with Crippen LogP contribution in [-0.2, 0) is 32.2 Å². The van der Waals surface area contributed by atoms with E-state index in [1.165, 1.54) is 14.2 Å². The fraction of sp³-hybridized carbons (Fsp3) is 0.333. The van der Waals surface area contributed by atoms with Gasteiger partial charge in [-0.1, -0.05) is 26.0 Å². The zero-order valence-electron chi connectivity index (χ0n) is 30.4. The third kappa shape index (κ3) is 8.01. The van der Waals surface area contributed by atoms with Gasteiger partial charge in [0, 0.05) is 35.3 Å². The van der Waals surface area contributed by atoms with E-state index in [9.17, 15) is 19.2 Å². The number of hydrogen-bond acceptors (Lipinski definition) is 10. The molecule has 4 heterocycles. The van der Waals surface area contributed by atoms with Gasteiger partial charge in [-0.2, -0.15) is 0 Å². The van der Waals surface area contributed by atoms with Gasteiger partial charge in [-0.15, -0.1) is 0 Å². The predicted molar refractivity (Wildman–Crippen MR) is 199 cm³/mol. The third-order valence-corrected chi connectivity index (χ3v) is 8.80. The van der Waals surface area contributed by atoms with Gasteiger partial charge in [0.05, 0.1) is 85.8 Å². The number of benzene rings is 2. The second-order valence-electron chi connectivity index (χ2n) is 12.4. The van der Waals surface area contributed by atoms with Crippen LogP contribution in [0.15, 0.2) is 49.3 Å². The predicted octanol–water partition coefficient (Wildman–Crippen LogP) is 4.08. The van der Waals surface area contributed by atoms with Gasteiger partial charge in [0.2, 0.25) is 11.8 Å². The average Bonchev–Trinajstić information content (AvgIpc) is 4.02. The minimum Gasteiger partial charge on any atom is -0.453 e. The Balaban J connectivity index is 1.23. The van der Waals surface area contributed by atoms with Gasteiger partial charge in [-0.05, 0) is 25.0 Å². The number of aromatic amines is 4. The lowest BCUT2D eigenvalue weighted by atomic mass is 9.97. The Morgan fingerprint density at radius 3 is 1.43 bits per heavy atom. The van der Waals surface area contributed by atoms with Crippen molar-refractivity contribution in [1.29, 1.82) is 0 Å². The van der Waals surface area contributed by atoms with E-state index in [4.69, 9.17) is 0 Å². The molecular weight excluding hydrogens is 696 g/mol. The van der Waals surface area contributed by atoms with Crippen molar-refractivity contribution in [2.75, 3.05) is 40.4 Å². The molecule has 0 fully saturated rings. The second-order valence-corrected chi connectivity index (χ2v) is 12.4. The van der Waals surface area contributed by atoms with Gasteiger partial charge in [0.1, 0.15) is 24.7 Å². The van der Waals surface area contributed by atoms with Crippen molar-refractivity contribution < 1.29 is 28.7 Å². The smallest absolute Gasteiger partial charge is 0.407 e. The monoisotopic (exact) mass is 738 g/mol. The molecule has 6 rings (SSSR count). The highest BCUT2D eigenvalue weighted by molar-refractivity contribution is 6.07. The van der Waals surface area contributed by atoms with Crippen LogP contribution in [0, 0.1) is 0 Å². The summed E-state index contributed by atoms with van der Waals surface area (Å²) in [6, 6.07) is 7.98. The normalized spacial score (nSPS) is 11.1. The molecule has 18 heteroatoms. The number of nitrogens with zero attached hydrogens (tertiary/aromatic N) is 6. The number of aromatic nitrogens is 8. The Morgan fingerprint density at radius 2 is 1.04 bits per heavy atom. The van der Waals surface area contributed by atoms with E-state index < -0.39 is 12.2 Å². The molecule has 0 atom stereocenters. The molecule has 0 aliphatic rings. The Hall–Kier alpha value is -6.72. The maximum Gasteiger partial charge on any atom is 0.407 e. The van der Waals surface area contributed by atoms with Crippen molar-refractivity contribution in [2.24, 2.45) is 0 Å². The van der Waals surface area contributed by atoms with E-state index in [-0.39, 0.29) is 38.0 Å². The van der Waals surface area contributed by atoms with Crippen LogP contribution in [0.2, 0.25) is 0 Å². The molecule has 0 saturated heterocycles. The number of amides is 4. The number of imidazole rings is 4. The van der Waals surface area contributed by atoms with Crippen molar-refractivity contribution in [3.63, 3.8) is 0 Å². The molecule has 0 radical (unpaired) electrons. The molecule has 0 saturated carbocycles. The van der Waals surface area contributed by atoms with Gasteiger partial charge in [0.25, 0.3) is 0 Å². The van der Waals surface area contributed by atoms with Gasteiger partial charge < -0.3 is 49.8 Å². The van der Waals surface area contributed by atoms with Crippen LogP contribution in [0.25, 0.3) is 55.7 Å². The summed E-state index contributed by atoms with van der Waals surface area (Å²) in [5.74, 6) is 0.685. The first-order valence-corrected chi connectivity index (χ1v) is 17.4. The fourth-order valence-corrected chi connectivity index (χ4v) is 6.26. The topological polar surface area (TPSA) is 232 Å². The van der Waals surface area contributed by atoms with Gasteiger partial charge >= 0.3 is 12.2 Å². The van der Waals surface area contributed by atoms with E-state index >= 15 is 0 Å². The Kier molecular flexibility index (Phi) is 11.5. The number of carbonyl (C=O) groups is 4. The second kappa shape index (κ2) is 16.7. The molecule has 0 bridgehead atoms. The van der Waals surface area contributed by atoms with E-state index in [1.54, 1.807) is 34.8 Å². The number of ether oxygens (including phenoxy) is 2. The highest BCUT2D eigenvalue weighted by Gasteiger charge is 2.21. The maximum absolute atomic E-state index is 12.8. The molecule has 0 aliphatic carbocycles. The molecule has 4 aromatic heterocycles. The summed E-state index contributed by atoms with van der Waals surface area (Å²) in [7, 11) is 2.49. The van der Waals surface area contributed by atoms with Crippen LogP contribution >= 0.6 is 0 Å². The summed E-state index contributed by atoms with van der Waals surface area (Å²) in [4.78, 5) is 83.5. The summed E-state index contributed by atoms with van der Waals surface area (Å²) in [6.45, 7) is 5.05. The molecule has 54 heavy (non-hydrogen) atoms. The van der Waals surface area contributed by atoms with Crippen LogP contribution in [-0.4, -0.2) is 114 Å². The first-order chi connectivity index (χ1) is 26.2. The summed E-state index contributed by atoms with van der Waals surface area (Å²) in [5.41, 5.74) is 8.03. The van der Waals surface area contributed by atoms with E-state index in [2.05, 4.69) is 60.0 Å². The third-order valence-electron chi connectivity index (χ3n) is 8.80. The Morgan fingerprint density at radius 1 is 0.630 bits per heavy atom. The highest BCUT2D eigenvalue weighted by atomic mass is 16.5. The molecule has 4 amide bonds. The maximum atomic E-state index is 12.8. The van der Waals surface area contributed by atoms with Gasteiger partial charge in [-0.25, -0.2) is 29.5 Å². The lowest BCUT2D eigenvalue weighted by Gasteiger charge is -2.21. The molecule has 18 nitrogen and oxygen atoms in total. The summed E-state index contributed by atoms with van der Waals surface area (Å²) < 4.78 is 9.15. The van der Waals surface area contributed by atoms with Gasteiger partial charge in [-0.3, -0.25) is 9.59 Å². The molecule has 0 aliphatic heterocycles. The van der Waals surface area contributed by atoms with E-state index in [0.29, 0.717) is 24.7 Å². The zero-order valence-corrected chi connectivity index (χ0v) is 30.4. The molecule has 282 valence electrons. The van der Waals surface area contributed by atoms with Gasteiger partial charge in [0.15, 0.2) is 0 Å². The largest absolute Gasteiger partial charge is 0.453 e. The Labute approximate surface area is 309 Å². The quantitative estimate of drug-likeness (QED) is 0.0884. The van der Waals surface area contributed by atoms with Crippen LogP contribution < -0.4 is 10.6 Å². The van der Waals surface area contributed by atoms with Crippen molar-refractivity contribution in [1.82, 2.24) is 60.3 Å². The highest BCUT2D eigenvalue weighted by Crippen LogP contribution is 2.38. The fourth-order valence-electron chi connectivity index (χ4n) is 6.26. The summed E-state index contributed by atoms with van der Waals surface area (Å²) in [5, 5.41) is 4.87. The summed E-state index contributed by atoms with van der Waals surface area (Å²) in [6.07, 6.45) is 6.86. The van der Waals surface area contributed by atoms with Crippen LogP contribution in [0.1, 0.15) is 38.3 Å². The molecule has 0 unspecified atom stereocenters. The SMILES string of the molecule is CCCN(Cc1ncc(-c2ccc(-c3ccc(-c4cnc(CN(CCC)C(=O)CNC(=O)OC)[nH]4)c4nc[nH]c34)c3[nH]cnc23)[nH]1)C(=O)CNC(=O)OC. The number of rotatable bonds is 15. The number of nitrogens with one attached hydrogen (secondary N) is 6. The first-order valence-electron chi connectivity index (χ1n) is 17.4.